The Balaban J connectivity index is 1.37. The normalized spacial score (nSPS) is 22.7. The van der Waals surface area contributed by atoms with Gasteiger partial charge in [-0.15, -0.1) is 0 Å². The summed E-state index contributed by atoms with van der Waals surface area (Å²) >= 11 is 0. The minimum Gasteiger partial charge on any atom is -0.454 e. The van der Waals surface area contributed by atoms with Gasteiger partial charge in [0.2, 0.25) is 6.79 Å². The first-order valence-corrected chi connectivity index (χ1v) is 14.4. The fourth-order valence-corrected chi connectivity index (χ4v) is 8.19. The number of rotatable bonds is 2. The maximum absolute atomic E-state index is 13.1. The molecule has 0 bridgehead atoms. The molecule has 4 heteroatoms. The first-order valence-electron chi connectivity index (χ1n) is 14.4. The van der Waals surface area contributed by atoms with E-state index in [9.17, 15) is 5.11 Å². The minimum atomic E-state index is -1.11. The maximum atomic E-state index is 13.1. The van der Waals surface area contributed by atoms with Gasteiger partial charge >= 0.3 is 0 Å². The number of ether oxygens (including phenoxy) is 2. The minimum absolute atomic E-state index is 0.188. The summed E-state index contributed by atoms with van der Waals surface area (Å²) in [5, 5.41) is 13.1. The third-order valence-corrected chi connectivity index (χ3v) is 9.87. The maximum Gasteiger partial charge on any atom is 0.231 e. The van der Waals surface area contributed by atoms with Crippen LogP contribution in [0.15, 0.2) is 115 Å². The van der Waals surface area contributed by atoms with Crippen LogP contribution < -0.4 is 9.47 Å². The predicted octanol–water partition coefficient (Wildman–Crippen LogP) is 6.56. The monoisotopic (exact) mass is 535 g/mol. The largest absolute Gasteiger partial charge is 0.454 e. The van der Waals surface area contributed by atoms with E-state index in [1.165, 1.54) is 38.9 Å². The first kappa shape index (κ1) is 23.3. The molecule has 41 heavy (non-hydrogen) atoms. The SMILES string of the molecule is O[C@]12Cc3ccccc3CN(C3(c4ccccc4)c4ccccc4-c4ccccc43)[C@@H]1Cc1cc3c(cc12)OCO3. The van der Waals surface area contributed by atoms with Crippen LogP contribution in [0.3, 0.4) is 0 Å². The van der Waals surface area contributed by atoms with Crippen molar-refractivity contribution in [1.82, 2.24) is 4.90 Å². The van der Waals surface area contributed by atoms with E-state index in [2.05, 4.69) is 114 Å². The lowest BCUT2D eigenvalue weighted by Gasteiger charge is -2.49. The first-order chi connectivity index (χ1) is 20.2. The highest BCUT2D eigenvalue weighted by Crippen LogP contribution is 2.59. The Morgan fingerprint density at radius 3 is 1.98 bits per heavy atom. The van der Waals surface area contributed by atoms with Gasteiger partial charge in [-0.25, -0.2) is 0 Å². The second-order valence-corrected chi connectivity index (χ2v) is 11.7. The van der Waals surface area contributed by atoms with Crippen molar-refractivity contribution in [2.75, 3.05) is 6.79 Å². The predicted molar refractivity (Wildman–Crippen MR) is 158 cm³/mol. The van der Waals surface area contributed by atoms with E-state index in [4.69, 9.17) is 9.47 Å². The third-order valence-electron chi connectivity index (χ3n) is 9.87. The Hall–Kier alpha value is -4.38. The van der Waals surface area contributed by atoms with Crippen LogP contribution in [0.5, 0.6) is 11.5 Å². The van der Waals surface area contributed by atoms with Crippen LogP contribution in [0.4, 0.5) is 0 Å². The van der Waals surface area contributed by atoms with Gasteiger partial charge in [-0.1, -0.05) is 103 Å². The Bertz CT molecular complexity index is 1800. The molecule has 0 saturated heterocycles. The number of fused-ring (bicyclic) bond motifs is 8. The number of benzene rings is 5. The van der Waals surface area contributed by atoms with E-state index >= 15 is 0 Å². The van der Waals surface area contributed by atoms with Gasteiger partial charge in [-0.2, -0.15) is 0 Å². The van der Waals surface area contributed by atoms with Gasteiger partial charge in [-0.05, 0) is 68.6 Å². The zero-order valence-electron chi connectivity index (χ0n) is 22.6. The third kappa shape index (κ3) is 3.01. The molecule has 0 aromatic heterocycles. The van der Waals surface area contributed by atoms with Crippen molar-refractivity contribution >= 4 is 0 Å². The highest BCUT2D eigenvalue weighted by atomic mass is 16.7. The van der Waals surface area contributed by atoms with Gasteiger partial charge in [0.25, 0.3) is 0 Å². The highest BCUT2D eigenvalue weighted by molar-refractivity contribution is 5.83. The average Bonchev–Trinajstić information content (AvgIpc) is 3.65. The van der Waals surface area contributed by atoms with Crippen LogP contribution in [0.1, 0.15) is 38.9 Å². The van der Waals surface area contributed by atoms with E-state index < -0.39 is 11.1 Å². The molecule has 4 aliphatic rings. The molecule has 200 valence electrons. The van der Waals surface area contributed by atoms with E-state index in [1.54, 1.807) is 0 Å². The molecule has 2 heterocycles. The lowest BCUT2D eigenvalue weighted by molar-refractivity contribution is -0.0638. The summed E-state index contributed by atoms with van der Waals surface area (Å²) in [5.41, 5.74) is 9.08. The molecule has 5 aromatic rings. The Morgan fingerprint density at radius 1 is 0.634 bits per heavy atom. The van der Waals surface area contributed by atoms with E-state index in [-0.39, 0.29) is 12.8 Å². The smallest absolute Gasteiger partial charge is 0.231 e. The molecule has 0 fully saturated rings. The number of hydrogen-bond acceptors (Lipinski definition) is 4. The zero-order valence-corrected chi connectivity index (χ0v) is 22.6. The van der Waals surface area contributed by atoms with Gasteiger partial charge in [-0.3, -0.25) is 4.90 Å². The standard InChI is InChI=1S/C37H29NO3/c39-36-21-24-10-4-5-11-25(24)22-38(35(36)19-26-18-33-34(20-32(26)36)41-23-40-33)37(27-12-2-1-3-13-27)30-16-8-6-14-28(30)29-15-7-9-17-31(29)37/h1-18,20,35,39H,19,21-23H2/t35-,36+/m1/s1. The van der Waals surface area contributed by atoms with Crippen molar-refractivity contribution in [3.05, 3.63) is 154 Å². The second-order valence-electron chi connectivity index (χ2n) is 11.7. The summed E-state index contributed by atoms with van der Waals surface area (Å²) in [6.45, 7) is 0.932. The van der Waals surface area contributed by atoms with Crippen molar-refractivity contribution in [2.24, 2.45) is 0 Å². The molecule has 5 aromatic carbocycles. The molecule has 2 aliphatic carbocycles. The van der Waals surface area contributed by atoms with Crippen LogP contribution in [0.2, 0.25) is 0 Å². The van der Waals surface area contributed by atoms with Gasteiger partial charge in [0.1, 0.15) is 5.60 Å². The summed E-state index contributed by atoms with van der Waals surface area (Å²) in [4.78, 5) is 2.62. The molecule has 9 rings (SSSR count). The van der Waals surface area contributed by atoms with Gasteiger partial charge in [0.15, 0.2) is 11.5 Å². The van der Waals surface area contributed by atoms with Gasteiger partial charge < -0.3 is 14.6 Å². The summed E-state index contributed by atoms with van der Waals surface area (Å²) in [6, 6.07) is 41.1. The molecule has 4 nitrogen and oxygen atoms in total. The lowest BCUT2D eigenvalue weighted by Crippen LogP contribution is -2.57. The van der Waals surface area contributed by atoms with E-state index in [0.717, 1.165) is 29.0 Å². The summed E-state index contributed by atoms with van der Waals surface area (Å²) < 4.78 is 11.6. The molecule has 0 spiro atoms. The highest BCUT2D eigenvalue weighted by Gasteiger charge is 2.59. The molecular formula is C37H29NO3. The molecule has 0 amide bonds. The van der Waals surface area contributed by atoms with Crippen LogP contribution in [-0.2, 0) is 30.5 Å². The Kier molecular flexibility index (Phi) is 4.74. The van der Waals surface area contributed by atoms with Crippen LogP contribution >= 0.6 is 0 Å². The topological polar surface area (TPSA) is 41.9 Å². The average molecular weight is 536 g/mol. The summed E-state index contributed by atoms with van der Waals surface area (Å²) in [6.07, 6.45) is 1.26. The summed E-state index contributed by atoms with van der Waals surface area (Å²) in [7, 11) is 0. The van der Waals surface area contributed by atoms with Crippen molar-refractivity contribution in [3.63, 3.8) is 0 Å². The van der Waals surface area contributed by atoms with E-state index in [0.29, 0.717) is 13.0 Å². The molecule has 0 saturated carbocycles. The molecule has 0 radical (unpaired) electrons. The Labute approximate surface area is 239 Å². The van der Waals surface area contributed by atoms with Gasteiger partial charge in [0, 0.05) is 19.0 Å². The van der Waals surface area contributed by atoms with Crippen LogP contribution in [0, 0.1) is 0 Å². The fraction of sp³-hybridized carbons (Fsp3) is 0.189. The molecule has 2 aliphatic heterocycles. The van der Waals surface area contributed by atoms with Crippen LogP contribution in [0.25, 0.3) is 11.1 Å². The van der Waals surface area contributed by atoms with Crippen LogP contribution in [-0.4, -0.2) is 22.8 Å². The molecule has 0 unspecified atom stereocenters. The van der Waals surface area contributed by atoms with Crippen molar-refractivity contribution in [2.45, 2.75) is 36.6 Å². The molecular weight excluding hydrogens is 506 g/mol. The zero-order chi connectivity index (χ0) is 27.2. The number of nitrogens with zero attached hydrogens (tertiary/aromatic N) is 1. The quantitative estimate of drug-likeness (QED) is 0.278. The van der Waals surface area contributed by atoms with Crippen molar-refractivity contribution < 1.29 is 14.6 Å². The van der Waals surface area contributed by atoms with Crippen molar-refractivity contribution in [1.29, 1.82) is 0 Å². The number of aliphatic hydroxyl groups is 1. The molecule has 2 atom stereocenters. The summed E-state index contributed by atoms with van der Waals surface area (Å²) in [5.74, 6) is 1.49. The Morgan fingerprint density at radius 2 is 1.24 bits per heavy atom. The fourth-order valence-electron chi connectivity index (χ4n) is 8.19. The number of hydrogen-bond donors (Lipinski definition) is 1. The van der Waals surface area contributed by atoms with Gasteiger partial charge in [0.05, 0.1) is 5.54 Å². The lowest BCUT2D eigenvalue weighted by atomic mass is 9.76. The molecule has 1 N–H and O–H groups in total. The van der Waals surface area contributed by atoms with Crippen molar-refractivity contribution in [3.8, 4) is 22.6 Å². The second kappa shape index (κ2) is 8.32. The van der Waals surface area contributed by atoms with E-state index in [1.807, 2.05) is 6.07 Å².